The molecule has 3 aromatic rings. The van der Waals surface area contributed by atoms with Gasteiger partial charge >= 0.3 is 5.97 Å². The normalized spacial score (nSPS) is 10.5. The van der Waals surface area contributed by atoms with Crippen LogP contribution < -0.4 is 0 Å². The number of nitrogens with one attached hydrogen (secondary N) is 1. The van der Waals surface area contributed by atoms with Crippen LogP contribution in [0, 0.1) is 11.8 Å². The minimum atomic E-state index is -0.417. The van der Waals surface area contributed by atoms with Crippen LogP contribution in [0.25, 0.3) is 21.8 Å². The lowest BCUT2D eigenvalue weighted by molar-refractivity contribution is 0.0520. The molecule has 116 valence electrons. The lowest BCUT2D eigenvalue weighted by Crippen LogP contribution is -2.06. The van der Waals surface area contributed by atoms with E-state index in [2.05, 4.69) is 21.8 Å². The van der Waals surface area contributed by atoms with Crippen molar-refractivity contribution in [1.29, 1.82) is 0 Å². The van der Waals surface area contributed by atoms with Gasteiger partial charge in [-0.05, 0) is 31.2 Å². The maximum atomic E-state index is 11.9. The Kier molecular flexibility index (Phi) is 4.26. The van der Waals surface area contributed by atoms with E-state index in [1.165, 1.54) is 0 Å². The maximum absolute atomic E-state index is 11.9. The molecule has 0 saturated carbocycles. The number of fused-ring (bicyclic) bond motifs is 3. The number of nitrogens with zero attached hydrogens (tertiary/aromatic N) is 1. The quantitative estimate of drug-likeness (QED) is 0.597. The van der Waals surface area contributed by atoms with Crippen molar-refractivity contribution in [3.63, 3.8) is 0 Å². The van der Waals surface area contributed by atoms with E-state index >= 15 is 0 Å². The summed E-state index contributed by atoms with van der Waals surface area (Å²) >= 11 is 0. The van der Waals surface area contributed by atoms with Gasteiger partial charge in [-0.3, -0.25) is 0 Å². The fourth-order valence-corrected chi connectivity index (χ4v) is 2.40. The lowest BCUT2D eigenvalue weighted by Gasteiger charge is -2.00. The van der Waals surface area contributed by atoms with Gasteiger partial charge in [-0.1, -0.05) is 11.8 Å². The van der Waals surface area contributed by atoms with Crippen molar-refractivity contribution in [2.24, 2.45) is 0 Å². The minimum Gasteiger partial charge on any atom is -0.461 e. The van der Waals surface area contributed by atoms with Gasteiger partial charge in [-0.2, -0.15) is 0 Å². The number of carbonyl (C=O) groups excluding carboxylic acids is 1. The highest BCUT2D eigenvalue weighted by atomic mass is 16.5. The number of aromatic nitrogens is 2. The number of rotatable bonds is 3. The predicted molar refractivity (Wildman–Crippen MR) is 88.3 cm³/mol. The zero-order valence-corrected chi connectivity index (χ0v) is 13.0. The number of pyridine rings is 1. The number of hydrogen-bond donors (Lipinski definition) is 1. The molecule has 0 saturated heterocycles. The summed E-state index contributed by atoms with van der Waals surface area (Å²) in [4.78, 5) is 19.3. The van der Waals surface area contributed by atoms with Crippen molar-refractivity contribution in [1.82, 2.24) is 9.97 Å². The highest BCUT2D eigenvalue weighted by Gasteiger charge is 2.12. The number of methoxy groups -OCH3 is 1. The lowest BCUT2D eigenvalue weighted by atomic mass is 10.1. The highest BCUT2D eigenvalue weighted by molar-refractivity contribution is 6.09. The van der Waals surface area contributed by atoms with Crippen molar-refractivity contribution in [2.75, 3.05) is 20.3 Å². The number of hydrogen-bond acceptors (Lipinski definition) is 4. The van der Waals surface area contributed by atoms with Gasteiger partial charge in [0.05, 0.1) is 18.3 Å². The second-order valence-corrected chi connectivity index (χ2v) is 4.96. The van der Waals surface area contributed by atoms with Crippen LogP contribution >= 0.6 is 0 Å². The Morgan fingerprint density at radius 2 is 2.09 bits per heavy atom. The van der Waals surface area contributed by atoms with Gasteiger partial charge in [-0.25, -0.2) is 9.78 Å². The molecule has 0 fully saturated rings. The first-order valence-corrected chi connectivity index (χ1v) is 7.29. The number of aromatic amines is 1. The van der Waals surface area contributed by atoms with Crippen LogP contribution in [0.5, 0.6) is 0 Å². The number of H-pyrrole nitrogens is 1. The summed E-state index contributed by atoms with van der Waals surface area (Å²) < 4.78 is 9.94. The van der Waals surface area contributed by atoms with Crippen molar-refractivity contribution in [3.8, 4) is 11.8 Å². The van der Waals surface area contributed by atoms with E-state index in [0.717, 1.165) is 27.4 Å². The van der Waals surface area contributed by atoms with Gasteiger partial charge in [0.25, 0.3) is 0 Å². The van der Waals surface area contributed by atoms with E-state index in [1.54, 1.807) is 26.3 Å². The average molecular weight is 308 g/mol. The van der Waals surface area contributed by atoms with Crippen LogP contribution in [-0.4, -0.2) is 36.3 Å². The van der Waals surface area contributed by atoms with Crippen LogP contribution in [0.2, 0.25) is 0 Å². The maximum Gasteiger partial charge on any atom is 0.356 e. The van der Waals surface area contributed by atoms with E-state index in [4.69, 9.17) is 9.47 Å². The topological polar surface area (TPSA) is 64.2 Å². The van der Waals surface area contributed by atoms with E-state index in [1.807, 2.05) is 18.2 Å². The third kappa shape index (κ3) is 3.03. The molecule has 2 aromatic heterocycles. The Morgan fingerprint density at radius 1 is 1.26 bits per heavy atom. The molecule has 0 spiro atoms. The van der Waals surface area contributed by atoms with E-state index in [9.17, 15) is 4.79 Å². The molecule has 0 aliphatic rings. The second kappa shape index (κ2) is 6.51. The van der Waals surface area contributed by atoms with Crippen molar-refractivity contribution in [2.45, 2.75) is 6.92 Å². The number of ether oxygens (including phenoxy) is 2. The van der Waals surface area contributed by atoms with Gasteiger partial charge in [0.2, 0.25) is 0 Å². The summed E-state index contributed by atoms with van der Waals surface area (Å²) in [6, 6.07) is 7.65. The van der Waals surface area contributed by atoms with Gasteiger partial charge in [0.1, 0.15) is 12.3 Å². The van der Waals surface area contributed by atoms with Crippen LogP contribution in [0.15, 0.2) is 30.5 Å². The summed E-state index contributed by atoms with van der Waals surface area (Å²) in [7, 11) is 1.61. The molecule has 1 aromatic carbocycles. The summed E-state index contributed by atoms with van der Waals surface area (Å²) in [5.41, 5.74) is 3.04. The fraction of sp³-hybridized carbons (Fsp3) is 0.222. The monoisotopic (exact) mass is 308 g/mol. The second-order valence-electron chi connectivity index (χ2n) is 4.96. The smallest absolute Gasteiger partial charge is 0.356 e. The van der Waals surface area contributed by atoms with E-state index < -0.39 is 5.97 Å². The molecule has 0 unspecified atom stereocenters. The molecule has 0 amide bonds. The third-order valence-corrected chi connectivity index (χ3v) is 3.42. The molecule has 5 heteroatoms. The zero-order valence-electron chi connectivity index (χ0n) is 13.0. The summed E-state index contributed by atoms with van der Waals surface area (Å²) in [5, 5.41) is 1.92. The van der Waals surface area contributed by atoms with Crippen molar-refractivity contribution < 1.29 is 14.3 Å². The molecule has 0 atom stereocenters. The Balaban J connectivity index is 2.10. The number of esters is 1. The zero-order chi connectivity index (χ0) is 16.2. The van der Waals surface area contributed by atoms with Crippen LogP contribution in [0.1, 0.15) is 23.0 Å². The Morgan fingerprint density at radius 3 is 2.87 bits per heavy atom. The molecule has 5 nitrogen and oxygen atoms in total. The first-order valence-electron chi connectivity index (χ1n) is 7.29. The SMILES string of the molecule is CCOC(=O)c1cc2c(cn1)[nH]c1ccc(C#CCOC)cc12. The molecule has 23 heavy (non-hydrogen) atoms. The molecule has 0 aliphatic carbocycles. The summed E-state index contributed by atoms with van der Waals surface area (Å²) in [5.74, 6) is 5.57. The highest BCUT2D eigenvalue weighted by Crippen LogP contribution is 2.26. The minimum absolute atomic E-state index is 0.302. The molecule has 0 bridgehead atoms. The number of benzene rings is 1. The molecule has 0 aliphatic heterocycles. The van der Waals surface area contributed by atoms with Gasteiger partial charge in [0.15, 0.2) is 0 Å². The Labute approximate surface area is 133 Å². The first kappa shape index (κ1) is 15.1. The molecule has 3 rings (SSSR count). The largest absolute Gasteiger partial charge is 0.461 e. The summed E-state index contributed by atoms with van der Waals surface area (Å²) in [6.45, 7) is 2.49. The van der Waals surface area contributed by atoms with Crippen molar-refractivity contribution >= 4 is 27.8 Å². The number of carbonyl (C=O) groups is 1. The molecular formula is C18H16N2O3. The summed E-state index contributed by atoms with van der Waals surface area (Å²) in [6.07, 6.45) is 1.65. The molecule has 2 heterocycles. The first-order chi connectivity index (χ1) is 11.2. The molecular weight excluding hydrogens is 292 g/mol. The van der Waals surface area contributed by atoms with Crippen LogP contribution in [-0.2, 0) is 9.47 Å². The Bertz CT molecular complexity index is 932. The average Bonchev–Trinajstić information content (AvgIpc) is 2.92. The van der Waals surface area contributed by atoms with E-state index in [0.29, 0.717) is 18.9 Å². The van der Waals surface area contributed by atoms with Gasteiger partial charge in [-0.15, -0.1) is 0 Å². The van der Waals surface area contributed by atoms with Gasteiger partial charge < -0.3 is 14.5 Å². The molecule has 0 radical (unpaired) electrons. The third-order valence-electron chi connectivity index (χ3n) is 3.42. The predicted octanol–water partition coefficient (Wildman–Crippen LogP) is 2.89. The standard InChI is InChI=1S/C18H16N2O3/c1-3-23-18(21)16-10-14-13-9-12(5-4-8-22-2)6-7-15(13)20-17(14)11-19-16/h6-7,9-11,20H,3,8H2,1-2H3. The fourth-order valence-electron chi connectivity index (χ4n) is 2.40. The van der Waals surface area contributed by atoms with Crippen LogP contribution in [0.3, 0.4) is 0 Å². The van der Waals surface area contributed by atoms with Crippen LogP contribution in [0.4, 0.5) is 0 Å². The molecule has 1 N–H and O–H groups in total. The van der Waals surface area contributed by atoms with E-state index in [-0.39, 0.29) is 0 Å². The van der Waals surface area contributed by atoms with Crippen molar-refractivity contribution in [3.05, 3.63) is 41.7 Å². The Hall–Kier alpha value is -2.84. The van der Waals surface area contributed by atoms with Gasteiger partial charge in [0, 0.05) is 29.0 Å².